The second-order valence-electron chi connectivity index (χ2n) is 3.66. The highest BCUT2D eigenvalue weighted by molar-refractivity contribution is 5.82. The van der Waals surface area contributed by atoms with Gasteiger partial charge in [-0.05, 0) is 6.42 Å². The van der Waals surface area contributed by atoms with E-state index in [0.29, 0.717) is 18.4 Å². The zero-order chi connectivity index (χ0) is 9.68. The van der Waals surface area contributed by atoms with Crippen molar-refractivity contribution in [1.82, 2.24) is 4.90 Å². The van der Waals surface area contributed by atoms with Crippen molar-refractivity contribution in [3.63, 3.8) is 0 Å². The molecule has 76 valence electrons. The molecule has 0 radical (unpaired) electrons. The molecule has 0 bridgehead atoms. The molecule has 1 aliphatic rings. The van der Waals surface area contributed by atoms with Crippen molar-refractivity contribution >= 4 is 5.78 Å². The summed E-state index contributed by atoms with van der Waals surface area (Å²) in [6, 6.07) is 0.446. The molecule has 3 heteroatoms. The number of likely N-dealkylation sites (tertiary alicyclic amines) is 1. The van der Waals surface area contributed by atoms with E-state index in [2.05, 4.69) is 11.8 Å². The lowest BCUT2D eigenvalue weighted by Gasteiger charge is -2.25. The van der Waals surface area contributed by atoms with E-state index in [1.165, 1.54) is 0 Å². The summed E-state index contributed by atoms with van der Waals surface area (Å²) in [5, 5.41) is 0. The van der Waals surface area contributed by atoms with Crippen molar-refractivity contribution in [3.8, 4) is 0 Å². The minimum Gasteiger partial charge on any atom is -0.383 e. The summed E-state index contributed by atoms with van der Waals surface area (Å²) in [5.41, 5.74) is 0. The van der Waals surface area contributed by atoms with Crippen molar-refractivity contribution in [2.75, 3.05) is 26.8 Å². The van der Waals surface area contributed by atoms with Gasteiger partial charge in [-0.3, -0.25) is 9.69 Å². The van der Waals surface area contributed by atoms with E-state index in [4.69, 9.17) is 4.74 Å². The first-order chi connectivity index (χ1) is 6.27. The fourth-order valence-corrected chi connectivity index (χ4v) is 1.86. The Kier molecular flexibility index (Phi) is 4.39. The first kappa shape index (κ1) is 10.7. The van der Waals surface area contributed by atoms with Gasteiger partial charge >= 0.3 is 0 Å². The highest BCUT2D eigenvalue weighted by Crippen LogP contribution is 2.13. The van der Waals surface area contributed by atoms with Crippen molar-refractivity contribution < 1.29 is 9.53 Å². The number of ether oxygens (including phenoxy) is 1. The van der Waals surface area contributed by atoms with E-state index in [1.54, 1.807) is 7.11 Å². The number of methoxy groups -OCH3 is 1. The first-order valence-corrected chi connectivity index (χ1v) is 5.02. The Bertz CT molecular complexity index is 164. The van der Waals surface area contributed by atoms with Crippen molar-refractivity contribution in [2.24, 2.45) is 0 Å². The van der Waals surface area contributed by atoms with Crippen LogP contribution >= 0.6 is 0 Å². The number of carbonyl (C=O) groups excluding carboxylic acids is 1. The SMILES string of the molecule is CCCC(COC)N1CCC(=O)C1. The number of ketones is 1. The molecule has 1 heterocycles. The zero-order valence-electron chi connectivity index (χ0n) is 8.58. The second-order valence-corrected chi connectivity index (χ2v) is 3.66. The van der Waals surface area contributed by atoms with Gasteiger partial charge in [0.2, 0.25) is 0 Å². The summed E-state index contributed by atoms with van der Waals surface area (Å²) in [6.07, 6.45) is 3.00. The molecule has 0 saturated carbocycles. The highest BCUT2D eigenvalue weighted by Gasteiger charge is 2.25. The monoisotopic (exact) mass is 185 g/mol. The number of hydrogen-bond acceptors (Lipinski definition) is 3. The molecule has 1 fully saturated rings. The lowest BCUT2D eigenvalue weighted by atomic mass is 10.1. The molecule has 0 amide bonds. The van der Waals surface area contributed by atoms with Crippen LogP contribution in [0.1, 0.15) is 26.2 Å². The molecule has 1 aliphatic heterocycles. The standard InChI is InChI=1S/C10H19NO2/c1-3-4-9(8-13-2)11-6-5-10(12)7-11/h9H,3-8H2,1-2H3. The number of Topliss-reactive ketones (excluding diaryl/α,β-unsaturated/α-hetero) is 1. The predicted molar refractivity (Wildman–Crippen MR) is 51.8 cm³/mol. The van der Waals surface area contributed by atoms with E-state index >= 15 is 0 Å². The van der Waals surface area contributed by atoms with Crippen molar-refractivity contribution in [3.05, 3.63) is 0 Å². The lowest BCUT2D eigenvalue weighted by Crippen LogP contribution is -2.36. The molecule has 1 saturated heterocycles. The molecule has 0 aromatic rings. The maximum atomic E-state index is 11.1. The largest absolute Gasteiger partial charge is 0.383 e. The van der Waals surface area contributed by atoms with Gasteiger partial charge in [0.1, 0.15) is 5.78 Å². The number of nitrogens with zero attached hydrogens (tertiary/aromatic N) is 1. The molecule has 1 atom stereocenters. The molecule has 0 aromatic carbocycles. The average molecular weight is 185 g/mol. The molecular weight excluding hydrogens is 166 g/mol. The summed E-state index contributed by atoms with van der Waals surface area (Å²) in [7, 11) is 1.72. The third kappa shape index (κ3) is 3.08. The zero-order valence-corrected chi connectivity index (χ0v) is 8.58. The van der Waals surface area contributed by atoms with Crippen molar-refractivity contribution in [1.29, 1.82) is 0 Å². The van der Waals surface area contributed by atoms with Crippen molar-refractivity contribution in [2.45, 2.75) is 32.2 Å². The molecule has 13 heavy (non-hydrogen) atoms. The van der Waals surface area contributed by atoms with Gasteiger partial charge in [-0.25, -0.2) is 0 Å². The number of carbonyl (C=O) groups is 1. The quantitative estimate of drug-likeness (QED) is 0.642. The van der Waals surface area contributed by atoms with Crippen LogP contribution in [0.3, 0.4) is 0 Å². The smallest absolute Gasteiger partial charge is 0.148 e. The summed E-state index contributed by atoms with van der Waals surface area (Å²) < 4.78 is 5.15. The topological polar surface area (TPSA) is 29.5 Å². The van der Waals surface area contributed by atoms with Gasteiger partial charge in [-0.1, -0.05) is 13.3 Å². The minimum absolute atomic E-state index is 0.372. The van der Waals surface area contributed by atoms with Gasteiger partial charge in [-0.15, -0.1) is 0 Å². The molecule has 3 nitrogen and oxygen atoms in total. The summed E-state index contributed by atoms with van der Waals surface area (Å²) in [6.45, 7) is 4.47. The highest BCUT2D eigenvalue weighted by atomic mass is 16.5. The lowest BCUT2D eigenvalue weighted by molar-refractivity contribution is -0.117. The van der Waals surface area contributed by atoms with Gasteiger partial charge in [-0.2, -0.15) is 0 Å². The van der Waals surface area contributed by atoms with Gasteiger partial charge in [0.25, 0.3) is 0 Å². The molecule has 1 unspecified atom stereocenters. The van der Waals surface area contributed by atoms with E-state index in [9.17, 15) is 4.79 Å². The number of rotatable bonds is 5. The molecule has 0 N–H and O–H groups in total. The van der Waals surface area contributed by atoms with Gasteiger partial charge in [0.15, 0.2) is 0 Å². The van der Waals surface area contributed by atoms with Gasteiger partial charge < -0.3 is 4.74 Å². The first-order valence-electron chi connectivity index (χ1n) is 5.02. The van der Waals surface area contributed by atoms with Crippen LogP contribution in [0.15, 0.2) is 0 Å². The summed E-state index contributed by atoms with van der Waals surface area (Å²) in [5.74, 6) is 0.372. The van der Waals surface area contributed by atoms with E-state index in [1.807, 2.05) is 0 Å². The van der Waals surface area contributed by atoms with Crippen LogP contribution in [0.25, 0.3) is 0 Å². The van der Waals surface area contributed by atoms with Crippen LogP contribution < -0.4 is 0 Å². The normalized spacial score (nSPS) is 20.9. The Morgan fingerprint density at radius 1 is 1.62 bits per heavy atom. The fraction of sp³-hybridized carbons (Fsp3) is 0.900. The minimum atomic E-state index is 0.372. The van der Waals surface area contributed by atoms with Crippen LogP contribution in [0, 0.1) is 0 Å². The van der Waals surface area contributed by atoms with Crippen LogP contribution in [0.2, 0.25) is 0 Å². The molecule has 0 spiro atoms. The van der Waals surface area contributed by atoms with E-state index in [0.717, 1.165) is 32.4 Å². The van der Waals surface area contributed by atoms with Crippen LogP contribution in [0.4, 0.5) is 0 Å². The van der Waals surface area contributed by atoms with Crippen LogP contribution in [0.5, 0.6) is 0 Å². The Labute approximate surface area is 80.1 Å². The second kappa shape index (κ2) is 5.35. The Morgan fingerprint density at radius 2 is 2.38 bits per heavy atom. The van der Waals surface area contributed by atoms with Gasteiger partial charge in [0.05, 0.1) is 13.2 Å². The maximum absolute atomic E-state index is 11.1. The average Bonchev–Trinajstić information content (AvgIpc) is 2.51. The Balaban J connectivity index is 2.39. The Hall–Kier alpha value is -0.410. The van der Waals surface area contributed by atoms with Gasteiger partial charge in [0, 0.05) is 26.1 Å². The molecule has 0 aromatic heterocycles. The van der Waals surface area contributed by atoms with E-state index in [-0.39, 0.29) is 0 Å². The maximum Gasteiger partial charge on any atom is 0.148 e. The number of hydrogen-bond donors (Lipinski definition) is 0. The molecule has 0 aliphatic carbocycles. The van der Waals surface area contributed by atoms with Crippen LogP contribution in [-0.4, -0.2) is 43.5 Å². The third-order valence-electron chi connectivity index (χ3n) is 2.55. The molecular formula is C10H19NO2. The Morgan fingerprint density at radius 3 is 2.85 bits per heavy atom. The summed E-state index contributed by atoms with van der Waals surface area (Å²) >= 11 is 0. The predicted octanol–water partition coefficient (Wildman–Crippen LogP) is 1.08. The molecule has 1 rings (SSSR count). The fourth-order valence-electron chi connectivity index (χ4n) is 1.86. The third-order valence-corrected chi connectivity index (χ3v) is 2.55. The summed E-state index contributed by atoms with van der Waals surface area (Å²) in [4.78, 5) is 13.3. The van der Waals surface area contributed by atoms with Crippen LogP contribution in [-0.2, 0) is 9.53 Å². The van der Waals surface area contributed by atoms with E-state index < -0.39 is 0 Å².